The number of hydrogen-bond acceptors (Lipinski definition) is 2. The van der Waals surface area contributed by atoms with Crippen molar-refractivity contribution in [2.75, 3.05) is 0 Å². The Kier molecular flexibility index (Phi) is 1.48. The van der Waals surface area contributed by atoms with Crippen molar-refractivity contribution in [2.24, 2.45) is 11.8 Å². The van der Waals surface area contributed by atoms with Crippen LogP contribution in [0.1, 0.15) is 6.42 Å². The Bertz CT molecular complexity index is 150. The third kappa shape index (κ3) is 1.21. The summed E-state index contributed by atoms with van der Waals surface area (Å²) >= 11 is 2.71. The Balaban J connectivity index is 2.42. The Morgan fingerprint density at radius 3 is 2.56 bits per heavy atom. The zero-order chi connectivity index (χ0) is 7.07. The quantitative estimate of drug-likeness (QED) is 0.270. The van der Waals surface area contributed by atoms with Crippen LogP contribution in [0.4, 0.5) is 4.39 Å². The predicted octanol–water partition coefficient (Wildman–Crippen LogP) is 0.0569. The lowest BCUT2D eigenvalue weighted by atomic mass is 10.4. The third-order valence-corrected chi connectivity index (χ3v) is 2.16. The number of halogens is 2. The number of carbonyl (C=O) groups is 1. The van der Waals surface area contributed by atoms with Gasteiger partial charge < -0.3 is 0 Å². The molecule has 0 aromatic carbocycles. The molecule has 1 fully saturated rings. The number of rotatable bonds is 1. The summed E-state index contributed by atoms with van der Waals surface area (Å²) in [6, 6.07) is 0. The Hall–Kier alpha value is -0.160. The fourth-order valence-corrected chi connectivity index (χ4v) is 1.13. The standard InChI is InChI=1S/C4H6BrFN2O/c5-4(6)1-2(4)3(9)8-7/h2H,1,7H2,(H,8,9). The van der Waals surface area contributed by atoms with Crippen molar-refractivity contribution in [2.45, 2.75) is 11.0 Å². The van der Waals surface area contributed by atoms with Gasteiger partial charge in [-0.25, -0.2) is 10.2 Å². The van der Waals surface area contributed by atoms with Crippen molar-refractivity contribution in [3.8, 4) is 0 Å². The lowest BCUT2D eigenvalue weighted by molar-refractivity contribution is -0.122. The molecule has 0 aliphatic heterocycles. The molecule has 52 valence electrons. The number of nitrogens with one attached hydrogen (secondary N) is 1. The maximum absolute atomic E-state index is 12.5. The van der Waals surface area contributed by atoms with Gasteiger partial charge in [0.15, 0.2) is 4.58 Å². The first-order valence-electron chi connectivity index (χ1n) is 2.46. The van der Waals surface area contributed by atoms with Crippen LogP contribution in [0.5, 0.6) is 0 Å². The van der Waals surface area contributed by atoms with E-state index in [1.54, 1.807) is 0 Å². The van der Waals surface area contributed by atoms with E-state index in [1.807, 2.05) is 5.43 Å². The first-order chi connectivity index (χ1) is 4.08. The molecular weight excluding hydrogens is 191 g/mol. The van der Waals surface area contributed by atoms with Gasteiger partial charge in [-0.15, -0.1) is 0 Å². The third-order valence-electron chi connectivity index (χ3n) is 1.28. The van der Waals surface area contributed by atoms with Gasteiger partial charge in [0.25, 0.3) is 0 Å². The highest BCUT2D eigenvalue weighted by Crippen LogP contribution is 2.52. The summed E-state index contributed by atoms with van der Waals surface area (Å²) < 4.78 is 11.0. The fourth-order valence-electron chi connectivity index (χ4n) is 0.598. The Morgan fingerprint density at radius 2 is 2.44 bits per heavy atom. The van der Waals surface area contributed by atoms with Gasteiger partial charge in [0.05, 0.1) is 5.92 Å². The van der Waals surface area contributed by atoms with Crippen LogP contribution in [-0.2, 0) is 4.79 Å². The molecule has 3 nitrogen and oxygen atoms in total. The van der Waals surface area contributed by atoms with Crippen LogP contribution < -0.4 is 11.3 Å². The molecule has 0 bridgehead atoms. The molecule has 0 aromatic heterocycles. The van der Waals surface area contributed by atoms with Gasteiger partial charge in [0.2, 0.25) is 5.91 Å². The molecule has 0 radical (unpaired) electrons. The van der Waals surface area contributed by atoms with E-state index >= 15 is 0 Å². The average Bonchev–Trinajstić information content (AvgIpc) is 2.38. The van der Waals surface area contributed by atoms with Crippen LogP contribution in [0.15, 0.2) is 0 Å². The summed E-state index contributed by atoms with van der Waals surface area (Å²) in [5.41, 5.74) is 1.87. The van der Waals surface area contributed by atoms with Crippen LogP contribution in [0.2, 0.25) is 0 Å². The minimum absolute atomic E-state index is 0.218. The number of amides is 1. The number of alkyl halides is 2. The SMILES string of the molecule is NNC(=O)C1CC1(F)Br. The van der Waals surface area contributed by atoms with Gasteiger partial charge >= 0.3 is 0 Å². The molecule has 0 spiro atoms. The Labute approximate surface area is 59.9 Å². The molecule has 9 heavy (non-hydrogen) atoms. The highest BCUT2D eigenvalue weighted by molar-refractivity contribution is 9.10. The molecule has 1 rings (SSSR count). The predicted molar refractivity (Wildman–Crippen MR) is 33.2 cm³/mol. The van der Waals surface area contributed by atoms with Crippen LogP contribution in [-0.4, -0.2) is 10.5 Å². The topological polar surface area (TPSA) is 55.1 Å². The van der Waals surface area contributed by atoms with Crippen molar-refractivity contribution < 1.29 is 9.18 Å². The van der Waals surface area contributed by atoms with E-state index in [0.29, 0.717) is 0 Å². The van der Waals surface area contributed by atoms with Gasteiger partial charge in [0, 0.05) is 6.42 Å². The molecule has 1 amide bonds. The molecule has 1 aliphatic carbocycles. The van der Waals surface area contributed by atoms with Crippen molar-refractivity contribution >= 4 is 21.8 Å². The van der Waals surface area contributed by atoms with Crippen molar-refractivity contribution in [3.63, 3.8) is 0 Å². The molecule has 1 saturated carbocycles. The van der Waals surface area contributed by atoms with E-state index in [9.17, 15) is 9.18 Å². The van der Waals surface area contributed by atoms with Crippen LogP contribution >= 0.6 is 15.9 Å². The molecule has 0 saturated heterocycles. The van der Waals surface area contributed by atoms with Gasteiger partial charge in [-0.05, 0) is 15.9 Å². The van der Waals surface area contributed by atoms with Crippen molar-refractivity contribution in [3.05, 3.63) is 0 Å². The van der Waals surface area contributed by atoms with Crippen LogP contribution in [0.25, 0.3) is 0 Å². The first kappa shape index (κ1) is 6.95. The molecule has 3 N–H and O–H groups in total. The number of carbonyl (C=O) groups excluding carboxylic acids is 1. The van der Waals surface area contributed by atoms with Crippen molar-refractivity contribution in [1.82, 2.24) is 5.43 Å². The van der Waals surface area contributed by atoms with E-state index in [2.05, 4.69) is 15.9 Å². The smallest absolute Gasteiger partial charge is 0.241 e. The van der Waals surface area contributed by atoms with E-state index in [-0.39, 0.29) is 6.42 Å². The minimum Gasteiger partial charge on any atom is -0.294 e. The normalized spacial score (nSPS) is 40.1. The molecular formula is C4H6BrFN2O. The number of nitrogens with two attached hydrogens (primary N) is 1. The second-order valence-electron chi connectivity index (χ2n) is 2.03. The lowest BCUT2D eigenvalue weighted by Gasteiger charge is -1.95. The van der Waals surface area contributed by atoms with E-state index in [4.69, 9.17) is 5.84 Å². The minimum atomic E-state index is -1.49. The summed E-state index contributed by atoms with van der Waals surface area (Å²) in [6.45, 7) is 0. The second kappa shape index (κ2) is 1.91. The molecule has 5 heteroatoms. The molecule has 2 unspecified atom stereocenters. The summed E-state index contributed by atoms with van der Waals surface area (Å²) in [5, 5.41) is 0. The number of hydrogen-bond donors (Lipinski definition) is 2. The largest absolute Gasteiger partial charge is 0.294 e. The molecule has 0 heterocycles. The van der Waals surface area contributed by atoms with Gasteiger partial charge in [-0.3, -0.25) is 10.2 Å². The summed E-state index contributed by atoms with van der Waals surface area (Å²) in [6.07, 6.45) is 0.218. The van der Waals surface area contributed by atoms with Crippen molar-refractivity contribution in [1.29, 1.82) is 0 Å². The van der Waals surface area contributed by atoms with Gasteiger partial charge in [0.1, 0.15) is 0 Å². The molecule has 0 aromatic rings. The number of hydrazine groups is 1. The first-order valence-corrected chi connectivity index (χ1v) is 3.25. The van der Waals surface area contributed by atoms with Crippen LogP contribution in [0.3, 0.4) is 0 Å². The highest BCUT2D eigenvalue weighted by atomic mass is 79.9. The molecule has 1 aliphatic rings. The summed E-state index contributed by atoms with van der Waals surface area (Å²) in [7, 11) is 0. The lowest BCUT2D eigenvalue weighted by Crippen LogP contribution is -2.32. The van der Waals surface area contributed by atoms with Crippen LogP contribution in [0, 0.1) is 5.92 Å². The summed E-state index contributed by atoms with van der Waals surface area (Å²) in [5.74, 6) is 3.70. The van der Waals surface area contributed by atoms with Gasteiger partial charge in [-0.2, -0.15) is 0 Å². The summed E-state index contributed by atoms with van der Waals surface area (Å²) in [4.78, 5) is 10.5. The highest BCUT2D eigenvalue weighted by Gasteiger charge is 2.57. The molecule has 2 atom stereocenters. The zero-order valence-electron chi connectivity index (χ0n) is 4.53. The van der Waals surface area contributed by atoms with E-state index in [1.165, 1.54) is 0 Å². The zero-order valence-corrected chi connectivity index (χ0v) is 6.11. The second-order valence-corrected chi connectivity index (χ2v) is 3.34. The Morgan fingerprint density at radius 1 is 2.00 bits per heavy atom. The maximum atomic E-state index is 12.5. The maximum Gasteiger partial charge on any atom is 0.241 e. The van der Waals surface area contributed by atoms with E-state index < -0.39 is 16.4 Å². The average molecular weight is 197 g/mol. The monoisotopic (exact) mass is 196 g/mol. The van der Waals surface area contributed by atoms with E-state index in [0.717, 1.165) is 0 Å². The fraction of sp³-hybridized carbons (Fsp3) is 0.750. The van der Waals surface area contributed by atoms with Gasteiger partial charge in [-0.1, -0.05) is 0 Å².